The molecule has 2 amide bonds. The van der Waals surface area contributed by atoms with Crippen LogP contribution in [0.25, 0.3) is 0 Å². The number of thiazole rings is 1. The molecule has 1 saturated heterocycles. The Morgan fingerprint density at radius 2 is 2.47 bits per heavy atom. The van der Waals surface area contributed by atoms with E-state index >= 15 is 0 Å². The predicted octanol–water partition coefficient (Wildman–Crippen LogP) is 0.288. The molecule has 0 spiro atoms. The monoisotopic (exact) mass is 255 g/mol. The van der Waals surface area contributed by atoms with Crippen molar-refractivity contribution in [2.45, 2.75) is 25.4 Å². The van der Waals surface area contributed by atoms with E-state index in [0.29, 0.717) is 17.4 Å². The zero-order valence-corrected chi connectivity index (χ0v) is 9.96. The third-order valence-corrected chi connectivity index (χ3v) is 3.17. The highest BCUT2D eigenvalue weighted by Gasteiger charge is 2.24. The van der Waals surface area contributed by atoms with Gasteiger partial charge in [-0.25, -0.2) is 4.98 Å². The van der Waals surface area contributed by atoms with E-state index in [9.17, 15) is 9.59 Å². The van der Waals surface area contributed by atoms with Crippen LogP contribution in [0, 0.1) is 0 Å². The van der Waals surface area contributed by atoms with Crippen LogP contribution in [0.4, 0.5) is 5.13 Å². The molecule has 2 heterocycles. The number of anilines is 1. The van der Waals surface area contributed by atoms with Gasteiger partial charge in [-0.05, 0) is 12.8 Å². The van der Waals surface area contributed by atoms with Crippen molar-refractivity contribution in [2.24, 2.45) is 5.73 Å². The minimum atomic E-state index is -0.438. The second-order valence-corrected chi connectivity index (χ2v) is 4.64. The second-order valence-electron chi connectivity index (χ2n) is 3.78. The molecule has 6 nitrogen and oxygen atoms in total. The lowest BCUT2D eigenvalue weighted by Gasteiger charge is -2.07. The van der Waals surface area contributed by atoms with E-state index in [1.807, 2.05) is 0 Å². The van der Waals surface area contributed by atoms with Crippen LogP contribution in [0.3, 0.4) is 0 Å². The highest BCUT2D eigenvalue weighted by atomic mass is 32.1. The molecule has 17 heavy (non-hydrogen) atoms. The maximum atomic E-state index is 11.7. The molecule has 0 bridgehead atoms. The van der Waals surface area contributed by atoms with Crippen molar-refractivity contribution in [2.75, 3.05) is 11.9 Å². The van der Waals surface area contributed by atoms with Gasteiger partial charge >= 0.3 is 0 Å². The fraction of sp³-hybridized carbons (Fsp3) is 0.500. The van der Waals surface area contributed by atoms with E-state index in [1.54, 1.807) is 5.38 Å². The van der Waals surface area contributed by atoms with Crippen LogP contribution in [0.2, 0.25) is 0 Å². The number of hydrogen-bond acceptors (Lipinski definition) is 5. The fourth-order valence-electron chi connectivity index (χ4n) is 1.59. The van der Waals surface area contributed by atoms with Crippen LogP contribution in [-0.2, 0) is 20.7 Å². The van der Waals surface area contributed by atoms with Crippen LogP contribution in [0.5, 0.6) is 0 Å². The first-order chi connectivity index (χ1) is 8.15. The van der Waals surface area contributed by atoms with E-state index in [4.69, 9.17) is 10.5 Å². The highest BCUT2D eigenvalue weighted by Crippen LogP contribution is 2.18. The molecule has 0 saturated carbocycles. The zero-order chi connectivity index (χ0) is 12.3. The summed E-state index contributed by atoms with van der Waals surface area (Å²) in [6, 6.07) is 0. The van der Waals surface area contributed by atoms with Gasteiger partial charge in [0.15, 0.2) is 5.13 Å². The Bertz CT molecular complexity index is 426. The van der Waals surface area contributed by atoms with Crippen LogP contribution >= 0.6 is 11.3 Å². The lowest BCUT2D eigenvalue weighted by molar-refractivity contribution is -0.124. The number of carbonyl (C=O) groups is 2. The number of nitrogens with zero attached hydrogens (tertiary/aromatic N) is 1. The third-order valence-electron chi connectivity index (χ3n) is 2.36. The number of rotatable bonds is 4. The second kappa shape index (κ2) is 5.24. The molecule has 1 aromatic heterocycles. The zero-order valence-electron chi connectivity index (χ0n) is 9.14. The molecule has 1 aliphatic rings. The number of aromatic nitrogens is 1. The topological polar surface area (TPSA) is 94.3 Å². The van der Waals surface area contributed by atoms with Gasteiger partial charge in [0.25, 0.3) is 5.91 Å². The van der Waals surface area contributed by atoms with Crippen molar-refractivity contribution in [1.29, 1.82) is 0 Å². The van der Waals surface area contributed by atoms with Crippen molar-refractivity contribution in [3.8, 4) is 0 Å². The van der Waals surface area contributed by atoms with Gasteiger partial charge in [-0.15, -0.1) is 11.3 Å². The summed E-state index contributed by atoms with van der Waals surface area (Å²) in [5, 5.41) is 4.85. The summed E-state index contributed by atoms with van der Waals surface area (Å²) < 4.78 is 5.25. The smallest absolute Gasteiger partial charge is 0.255 e. The number of nitrogens with two attached hydrogens (primary N) is 1. The molecule has 1 aliphatic heterocycles. The Hall–Kier alpha value is -1.47. The van der Waals surface area contributed by atoms with Crippen LogP contribution in [-0.4, -0.2) is 29.5 Å². The van der Waals surface area contributed by atoms with Crippen molar-refractivity contribution < 1.29 is 14.3 Å². The van der Waals surface area contributed by atoms with E-state index in [1.165, 1.54) is 11.3 Å². The number of hydrogen-bond donors (Lipinski definition) is 2. The maximum absolute atomic E-state index is 11.7. The molecule has 3 N–H and O–H groups in total. The summed E-state index contributed by atoms with van der Waals surface area (Å²) in [4.78, 5) is 26.5. The summed E-state index contributed by atoms with van der Waals surface area (Å²) in [5.74, 6) is -0.616. The van der Waals surface area contributed by atoms with Gasteiger partial charge in [-0.3, -0.25) is 14.9 Å². The average molecular weight is 255 g/mol. The van der Waals surface area contributed by atoms with Crippen molar-refractivity contribution >= 4 is 28.3 Å². The fourth-order valence-corrected chi connectivity index (χ4v) is 2.31. The quantitative estimate of drug-likeness (QED) is 0.808. The van der Waals surface area contributed by atoms with E-state index < -0.39 is 5.91 Å². The van der Waals surface area contributed by atoms with Crippen LogP contribution < -0.4 is 11.1 Å². The third kappa shape index (κ3) is 3.24. The van der Waals surface area contributed by atoms with Gasteiger partial charge in [-0.1, -0.05) is 0 Å². The predicted molar refractivity (Wildman–Crippen MR) is 62.6 cm³/mol. The first kappa shape index (κ1) is 12.0. The van der Waals surface area contributed by atoms with Gasteiger partial charge in [0, 0.05) is 12.0 Å². The van der Waals surface area contributed by atoms with Gasteiger partial charge in [0.1, 0.15) is 6.10 Å². The summed E-state index contributed by atoms with van der Waals surface area (Å²) in [6.45, 7) is 0.628. The molecule has 2 rings (SSSR count). The standard InChI is InChI=1S/C10H13N3O3S/c11-8(14)4-6-5-17-10(12-6)13-9(15)7-2-1-3-16-7/h5,7H,1-4H2,(H2,11,14)(H,12,13,15). The van der Waals surface area contributed by atoms with E-state index in [2.05, 4.69) is 10.3 Å². The summed E-state index contributed by atoms with van der Waals surface area (Å²) >= 11 is 1.27. The number of carbonyl (C=O) groups excluding carboxylic acids is 2. The van der Waals surface area contributed by atoms with Gasteiger partial charge < -0.3 is 10.5 Å². The van der Waals surface area contributed by atoms with E-state index in [0.717, 1.165) is 12.8 Å². The molecule has 0 aliphatic carbocycles. The molecule has 1 atom stereocenters. The van der Waals surface area contributed by atoms with Gasteiger partial charge in [-0.2, -0.15) is 0 Å². The minimum Gasteiger partial charge on any atom is -0.369 e. The Morgan fingerprint density at radius 1 is 1.65 bits per heavy atom. The summed E-state index contributed by atoms with van der Waals surface area (Å²) in [7, 11) is 0. The molecule has 1 unspecified atom stereocenters. The average Bonchev–Trinajstić information content (AvgIpc) is 2.87. The Labute approximate surface area is 102 Å². The molecular weight excluding hydrogens is 242 g/mol. The molecule has 1 fully saturated rings. The molecule has 1 aromatic rings. The largest absolute Gasteiger partial charge is 0.369 e. The van der Waals surface area contributed by atoms with Crippen LogP contribution in [0.15, 0.2) is 5.38 Å². The molecule has 0 radical (unpaired) electrons. The number of nitrogens with one attached hydrogen (secondary N) is 1. The molecular formula is C10H13N3O3S. The van der Waals surface area contributed by atoms with Crippen molar-refractivity contribution in [3.63, 3.8) is 0 Å². The minimum absolute atomic E-state index is 0.0896. The Balaban J connectivity index is 1.91. The summed E-state index contributed by atoms with van der Waals surface area (Å²) in [5.41, 5.74) is 5.63. The normalized spacial score (nSPS) is 19.2. The Kier molecular flexibility index (Phi) is 3.70. The first-order valence-corrected chi connectivity index (χ1v) is 6.18. The number of ether oxygens (including phenoxy) is 1. The Morgan fingerprint density at radius 3 is 3.12 bits per heavy atom. The maximum Gasteiger partial charge on any atom is 0.255 e. The SMILES string of the molecule is NC(=O)Cc1csc(NC(=O)C2CCCO2)n1. The molecule has 92 valence electrons. The number of amides is 2. The van der Waals surface area contributed by atoms with Crippen LogP contribution in [0.1, 0.15) is 18.5 Å². The summed E-state index contributed by atoms with van der Waals surface area (Å²) in [6.07, 6.45) is 1.36. The molecule has 7 heteroatoms. The van der Waals surface area contributed by atoms with Gasteiger partial charge in [0.05, 0.1) is 12.1 Å². The first-order valence-electron chi connectivity index (χ1n) is 5.30. The van der Waals surface area contributed by atoms with E-state index in [-0.39, 0.29) is 18.4 Å². The molecule has 0 aromatic carbocycles. The number of primary amides is 1. The van der Waals surface area contributed by atoms with Crippen molar-refractivity contribution in [1.82, 2.24) is 4.98 Å². The van der Waals surface area contributed by atoms with Crippen molar-refractivity contribution in [3.05, 3.63) is 11.1 Å². The lowest BCUT2D eigenvalue weighted by atomic mass is 10.2. The lowest BCUT2D eigenvalue weighted by Crippen LogP contribution is -2.26. The highest BCUT2D eigenvalue weighted by molar-refractivity contribution is 7.13. The van der Waals surface area contributed by atoms with Gasteiger partial charge in [0.2, 0.25) is 5.91 Å².